The fraction of sp³-hybridized carbons (Fsp3) is 0.250. The number of hydrogen-bond acceptors (Lipinski definition) is 4. The third kappa shape index (κ3) is 2.68. The van der Waals surface area contributed by atoms with Crippen LogP contribution in [0.25, 0.3) is 0 Å². The number of carboxylic acid groups (broad SMARTS) is 1. The first-order valence-corrected chi connectivity index (χ1v) is 6.11. The Morgan fingerprint density at radius 2 is 2.29 bits per heavy atom. The molecule has 0 bridgehead atoms. The van der Waals surface area contributed by atoms with Gasteiger partial charge in [-0.3, -0.25) is 0 Å². The smallest absolute Gasteiger partial charge is 0.354 e. The molecule has 0 aromatic carbocycles. The average Bonchev–Trinajstić information content (AvgIpc) is 2.72. The van der Waals surface area contributed by atoms with Crippen LogP contribution in [0.3, 0.4) is 0 Å². The maximum atomic E-state index is 11.0. The van der Waals surface area contributed by atoms with E-state index < -0.39 is 5.97 Å². The van der Waals surface area contributed by atoms with Crippen LogP contribution in [-0.4, -0.2) is 21.0 Å². The highest BCUT2D eigenvalue weighted by molar-refractivity contribution is 7.10. The van der Waals surface area contributed by atoms with Gasteiger partial charge in [0.2, 0.25) is 0 Å². The van der Waals surface area contributed by atoms with Crippen LogP contribution in [0.2, 0.25) is 0 Å². The molecule has 0 aliphatic carbocycles. The van der Waals surface area contributed by atoms with Gasteiger partial charge in [-0.15, -0.1) is 11.3 Å². The zero-order chi connectivity index (χ0) is 12.3. The average molecular weight is 248 g/mol. The molecule has 2 heterocycles. The summed E-state index contributed by atoms with van der Waals surface area (Å²) in [5, 5.41) is 11.0. The Hall–Kier alpha value is -1.75. The van der Waals surface area contributed by atoms with Gasteiger partial charge in [-0.1, -0.05) is 0 Å². The van der Waals surface area contributed by atoms with Crippen molar-refractivity contribution < 1.29 is 9.90 Å². The van der Waals surface area contributed by atoms with Crippen molar-refractivity contribution in [3.05, 3.63) is 45.7 Å². The second-order valence-electron chi connectivity index (χ2n) is 3.73. The lowest BCUT2D eigenvalue weighted by molar-refractivity contribution is 0.0689. The van der Waals surface area contributed by atoms with E-state index in [1.807, 2.05) is 5.38 Å². The summed E-state index contributed by atoms with van der Waals surface area (Å²) in [6.45, 7) is 2.06. The van der Waals surface area contributed by atoms with Crippen molar-refractivity contribution in [2.45, 2.75) is 19.8 Å². The van der Waals surface area contributed by atoms with Gasteiger partial charge in [-0.25, -0.2) is 14.8 Å². The van der Waals surface area contributed by atoms with Crippen LogP contribution in [0.15, 0.2) is 24.0 Å². The van der Waals surface area contributed by atoms with E-state index in [0.29, 0.717) is 12.0 Å². The standard InChI is InChI=1S/C12H12N2O2S/c1-8-4-5-17-10(8)3-2-9-6-13-7-14-11(9)12(15)16/h4-7H,2-3H2,1H3,(H,15,16). The van der Waals surface area contributed by atoms with Gasteiger partial charge in [0.05, 0.1) is 0 Å². The molecule has 88 valence electrons. The molecule has 5 heteroatoms. The van der Waals surface area contributed by atoms with Crippen molar-refractivity contribution in [2.24, 2.45) is 0 Å². The molecule has 0 amide bonds. The van der Waals surface area contributed by atoms with Crippen molar-refractivity contribution in [1.82, 2.24) is 9.97 Å². The maximum absolute atomic E-state index is 11.0. The summed E-state index contributed by atoms with van der Waals surface area (Å²) in [5.74, 6) is -0.995. The number of aromatic nitrogens is 2. The second kappa shape index (κ2) is 5.05. The van der Waals surface area contributed by atoms with Gasteiger partial charge in [0, 0.05) is 16.6 Å². The summed E-state index contributed by atoms with van der Waals surface area (Å²) in [7, 11) is 0. The fourth-order valence-electron chi connectivity index (χ4n) is 1.64. The van der Waals surface area contributed by atoms with Crippen LogP contribution in [0.1, 0.15) is 26.5 Å². The Morgan fingerprint density at radius 3 is 2.94 bits per heavy atom. The Bertz CT molecular complexity index is 537. The lowest BCUT2D eigenvalue weighted by Crippen LogP contribution is -2.07. The van der Waals surface area contributed by atoms with E-state index in [0.717, 1.165) is 6.42 Å². The molecular formula is C12H12N2O2S. The number of carbonyl (C=O) groups is 1. The van der Waals surface area contributed by atoms with E-state index in [9.17, 15) is 4.79 Å². The predicted octanol–water partition coefficient (Wildman–Crippen LogP) is 2.33. The monoisotopic (exact) mass is 248 g/mol. The fourth-order valence-corrected chi connectivity index (χ4v) is 2.55. The Balaban J connectivity index is 2.14. The van der Waals surface area contributed by atoms with E-state index in [4.69, 9.17) is 5.11 Å². The van der Waals surface area contributed by atoms with Gasteiger partial charge in [0.25, 0.3) is 0 Å². The molecule has 0 aliphatic rings. The van der Waals surface area contributed by atoms with E-state index >= 15 is 0 Å². The second-order valence-corrected chi connectivity index (χ2v) is 4.73. The van der Waals surface area contributed by atoms with Crippen LogP contribution in [-0.2, 0) is 12.8 Å². The molecule has 0 aliphatic heterocycles. The SMILES string of the molecule is Cc1ccsc1CCc1cncnc1C(=O)O. The van der Waals surface area contributed by atoms with Crippen LogP contribution < -0.4 is 0 Å². The number of hydrogen-bond donors (Lipinski definition) is 1. The molecule has 0 spiro atoms. The zero-order valence-corrected chi connectivity index (χ0v) is 10.2. The van der Waals surface area contributed by atoms with Crippen molar-refractivity contribution in [2.75, 3.05) is 0 Å². The normalized spacial score (nSPS) is 10.4. The summed E-state index contributed by atoms with van der Waals surface area (Å²) in [5.41, 5.74) is 2.05. The number of thiophene rings is 1. The van der Waals surface area contributed by atoms with Crippen LogP contribution >= 0.6 is 11.3 Å². The van der Waals surface area contributed by atoms with Crippen LogP contribution in [0.5, 0.6) is 0 Å². The summed E-state index contributed by atoms with van der Waals surface area (Å²) in [6.07, 6.45) is 4.34. The van der Waals surface area contributed by atoms with Gasteiger partial charge in [-0.05, 0) is 36.8 Å². The minimum absolute atomic E-state index is 0.106. The molecule has 0 radical (unpaired) electrons. The highest BCUT2D eigenvalue weighted by Gasteiger charge is 2.12. The first-order chi connectivity index (χ1) is 8.18. The minimum Gasteiger partial charge on any atom is -0.477 e. The lowest BCUT2D eigenvalue weighted by atomic mass is 10.1. The zero-order valence-electron chi connectivity index (χ0n) is 9.38. The Labute approximate surface area is 103 Å². The molecule has 0 unspecified atom stereocenters. The lowest BCUT2D eigenvalue weighted by Gasteiger charge is -2.03. The summed E-state index contributed by atoms with van der Waals surface area (Å²) >= 11 is 1.69. The van der Waals surface area contributed by atoms with Crippen LogP contribution in [0.4, 0.5) is 0 Å². The van der Waals surface area contributed by atoms with Crippen molar-refractivity contribution >= 4 is 17.3 Å². The highest BCUT2D eigenvalue weighted by Crippen LogP contribution is 2.18. The minimum atomic E-state index is -0.995. The summed E-state index contributed by atoms with van der Waals surface area (Å²) in [4.78, 5) is 19.9. The van der Waals surface area contributed by atoms with E-state index in [2.05, 4.69) is 23.0 Å². The summed E-state index contributed by atoms with van der Waals surface area (Å²) in [6, 6.07) is 2.07. The number of rotatable bonds is 4. The van der Waals surface area contributed by atoms with E-state index in [1.165, 1.54) is 16.8 Å². The topological polar surface area (TPSA) is 63.1 Å². The molecule has 0 fully saturated rings. The Kier molecular flexibility index (Phi) is 3.49. The van der Waals surface area contributed by atoms with Crippen molar-refractivity contribution in [3.63, 3.8) is 0 Å². The molecule has 2 aromatic rings. The van der Waals surface area contributed by atoms with Crippen LogP contribution in [0, 0.1) is 6.92 Å². The predicted molar refractivity (Wildman–Crippen MR) is 65.5 cm³/mol. The summed E-state index contributed by atoms with van der Waals surface area (Å²) < 4.78 is 0. The van der Waals surface area contributed by atoms with Gasteiger partial charge in [0.1, 0.15) is 6.33 Å². The van der Waals surface area contributed by atoms with Gasteiger partial charge in [0.15, 0.2) is 5.69 Å². The Morgan fingerprint density at radius 1 is 1.47 bits per heavy atom. The van der Waals surface area contributed by atoms with Crippen molar-refractivity contribution in [3.8, 4) is 0 Å². The van der Waals surface area contributed by atoms with Crippen molar-refractivity contribution in [1.29, 1.82) is 0 Å². The van der Waals surface area contributed by atoms with E-state index in [1.54, 1.807) is 17.5 Å². The largest absolute Gasteiger partial charge is 0.477 e. The molecule has 1 N–H and O–H groups in total. The quantitative estimate of drug-likeness (QED) is 0.902. The molecule has 0 saturated carbocycles. The molecule has 0 atom stereocenters. The number of aromatic carboxylic acids is 1. The first kappa shape index (κ1) is 11.7. The number of carboxylic acids is 1. The van der Waals surface area contributed by atoms with Gasteiger partial charge >= 0.3 is 5.97 Å². The first-order valence-electron chi connectivity index (χ1n) is 5.23. The van der Waals surface area contributed by atoms with E-state index in [-0.39, 0.29) is 5.69 Å². The number of aryl methyl sites for hydroxylation is 3. The van der Waals surface area contributed by atoms with Gasteiger partial charge < -0.3 is 5.11 Å². The number of nitrogens with zero attached hydrogens (tertiary/aromatic N) is 2. The maximum Gasteiger partial charge on any atom is 0.354 e. The molecule has 4 nitrogen and oxygen atoms in total. The highest BCUT2D eigenvalue weighted by atomic mass is 32.1. The van der Waals surface area contributed by atoms with Gasteiger partial charge in [-0.2, -0.15) is 0 Å². The third-order valence-electron chi connectivity index (χ3n) is 2.58. The molecule has 17 heavy (non-hydrogen) atoms. The molecule has 0 saturated heterocycles. The molecule has 2 rings (SSSR count). The molecular weight excluding hydrogens is 236 g/mol. The molecule has 2 aromatic heterocycles. The third-order valence-corrected chi connectivity index (χ3v) is 3.66.